The summed E-state index contributed by atoms with van der Waals surface area (Å²) >= 11 is 19.5. The molecule has 124 valence electrons. The van der Waals surface area contributed by atoms with E-state index in [1.165, 1.54) is 23.7 Å². The maximum atomic E-state index is 12.1. The van der Waals surface area contributed by atoms with Gasteiger partial charge in [0.05, 0.1) is 38.3 Å². The van der Waals surface area contributed by atoms with Gasteiger partial charge in [-0.3, -0.25) is 0 Å². The Labute approximate surface area is 156 Å². The van der Waals surface area contributed by atoms with Gasteiger partial charge in [0.25, 0.3) is 0 Å². The summed E-state index contributed by atoms with van der Waals surface area (Å²) in [7, 11) is 0. The lowest BCUT2D eigenvalue weighted by molar-refractivity contribution is 0.0529. The monoisotopic (exact) mass is 401 g/mol. The highest BCUT2D eigenvalue weighted by atomic mass is 35.5. The summed E-state index contributed by atoms with van der Waals surface area (Å²) < 4.78 is 5.08. The van der Waals surface area contributed by atoms with E-state index >= 15 is 0 Å². The number of nitrogens with one attached hydrogen (secondary N) is 1. The van der Waals surface area contributed by atoms with Crippen LogP contribution in [-0.4, -0.2) is 22.5 Å². The van der Waals surface area contributed by atoms with Crippen LogP contribution >= 0.6 is 46.1 Å². The summed E-state index contributed by atoms with van der Waals surface area (Å²) in [6.07, 6.45) is 1.40. The van der Waals surface area contributed by atoms with Crippen LogP contribution in [0.25, 0.3) is 10.2 Å². The molecular weight excluding hydrogens is 393 g/mol. The Morgan fingerprint density at radius 1 is 1.21 bits per heavy atom. The van der Waals surface area contributed by atoms with Gasteiger partial charge in [-0.15, -0.1) is 11.3 Å². The van der Waals surface area contributed by atoms with Gasteiger partial charge in [-0.05, 0) is 19.1 Å². The summed E-state index contributed by atoms with van der Waals surface area (Å²) in [6.45, 7) is 2.03. The molecule has 0 aliphatic heterocycles. The first-order valence-corrected chi connectivity index (χ1v) is 8.83. The first kappa shape index (κ1) is 17.2. The lowest BCUT2D eigenvalue weighted by atomic mass is 10.2. The highest BCUT2D eigenvalue weighted by Crippen LogP contribution is 2.36. The SMILES string of the molecule is CCOC(=O)c1csc2ncnc(Nc3cc(Cl)c(Cl)cc3Cl)c12. The number of thiophene rings is 1. The van der Waals surface area contributed by atoms with Crippen LogP contribution in [0, 0.1) is 0 Å². The van der Waals surface area contributed by atoms with E-state index in [9.17, 15) is 4.79 Å². The number of carbonyl (C=O) groups excluding carboxylic acids is 1. The van der Waals surface area contributed by atoms with Gasteiger partial charge in [0, 0.05) is 5.38 Å². The molecule has 2 aromatic heterocycles. The average molecular weight is 403 g/mol. The van der Waals surface area contributed by atoms with Crippen LogP contribution in [0.5, 0.6) is 0 Å². The quantitative estimate of drug-likeness (QED) is 0.456. The zero-order chi connectivity index (χ0) is 17.3. The molecule has 1 N–H and O–H groups in total. The number of esters is 1. The molecule has 1 aromatic carbocycles. The minimum Gasteiger partial charge on any atom is -0.462 e. The van der Waals surface area contributed by atoms with Crippen molar-refractivity contribution in [3.05, 3.63) is 44.5 Å². The molecule has 5 nitrogen and oxygen atoms in total. The van der Waals surface area contributed by atoms with Crippen LogP contribution in [0.4, 0.5) is 11.5 Å². The number of halogens is 3. The zero-order valence-corrected chi connectivity index (χ0v) is 15.4. The van der Waals surface area contributed by atoms with E-state index in [1.54, 1.807) is 18.4 Å². The molecule has 0 spiro atoms. The molecule has 24 heavy (non-hydrogen) atoms. The van der Waals surface area contributed by atoms with Gasteiger partial charge in [-0.25, -0.2) is 14.8 Å². The Bertz CT molecular complexity index is 930. The number of anilines is 2. The Balaban J connectivity index is 2.08. The fraction of sp³-hybridized carbons (Fsp3) is 0.133. The second kappa shape index (κ2) is 7.11. The molecule has 3 rings (SSSR count). The number of aromatic nitrogens is 2. The van der Waals surface area contributed by atoms with Crippen molar-refractivity contribution in [1.82, 2.24) is 9.97 Å². The van der Waals surface area contributed by atoms with Gasteiger partial charge in [0.15, 0.2) is 0 Å². The fourth-order valence-corrected chi connectivity index (χ4v) is 3.55. The molecular formula is C15H10Cl3N3O2S. The Kier molecular flexibility index (Phi) is 5.10. The number of hydrogen-bond donors (Lipinski definition) is 1. The van der Waals surface area contributed by atoms with Gasteiger partial charge >= 0.3 is 5.97 Å². The molecule has 0 radical (unpaired) electrons. The number of rotatable bonds is 4. The number of ether oxygens (including phenoxy) is 1. The van der Waals surface area contributed by atoms with E-state index in [0.29, 0.717) is 42.4 Å². The van der Waals surface area contributed by atoms with E-state index in [4.69, 9.17) is 39.5 Å². The second-order valence-corrected chi connectivity index (χ2v) is 6.72. The molecule has 9 heteroatoms. The van der Waals surface area contributed by atoms with Crippen molar-refractivity contribution in [3.8, 4) is 0 Å². The van der Waals surface area contributed by atoms with Crippen LogP contribution in [0.3, 0.4) is 0 Å². The third-order valence-electron chi connectivity index (χ3n) is 3.13. The third kappa shape index (κ3) is 3.28. The highest BCUT2D eigenvalue weighted by molar-refractivity contribution is 7.17. The highest BCUT2D eigenvalue weighted by Gasteiger charge is 2.19. The van der Waals surface area contributed by atoms with Gasteiger partial charge in [0.1, 0.15) is 17.0 Å². The van der Waals surface area contributed by atoms with Crippen molar-refractivity contribution in [1.29, 1.82) is 0 Å². The molecule has 0 atom stereocenters. The molecule has 0 bridgehead atoms. The smallest absolute Gasteiger partial charge is 0.339 e. The maximum absolute atomic E-state index is 12.1. The molecule has 0 aliphatic rings. The second-order valence-electron chi connectivity index (χ2n) is 4.64. The Hall–Kier alpha value is -1.60. The first-order valence-electron chi connectivity index (χ1n) is 6.82. The van der Waals surface area contributed by atoms with E-state index in [0.717, 1.165) is 0 Å². The predicted octanol–water partition coefficient (Wildman–Crippen LogP) is 5.57. The lowest BCUT2D eigenvalue weighted by Gasteiger charge is -2.10. The summed E-state index contributed by atoms with van der Waals surface area (Å²) in [5.41, 5.74) is 0.920. The minimum atomic E-state index is -0.429. The number of nitrogens with zero attached hydrogens (tertiary/aromatic N) is 2. The number of carbonyl (C=O) groups is 1. The summed E-state index contributed by atoms with van der Waals surface area (Å²) in [6, 6.07) is 3.13. The van der Waals surface area contributed by atoms with Gasteiger partial charge in [-0.2, -0.15) is 0 Å². The van der Waals surface area contributed by atoms with Crippen LogP contribution in [0.15, 0.2) is 23.8 Å². The maximum Gasteiger partial charge on any atom is 0.339 e. The summed E-state index contributed by atoms with van der Waals surface area (Å²) in [5, 5.41) is 6.43. The lowest BCUT2D eigenvalue weighted by Crippen LogP contribution is -2.05. The number of hydrogen-bond acceptors (Lipinski definition) is 6. The standard InChI is InChI=1S/C15H10Cl3N3O2S/c1-2-23-15(22)7-5-24-14-12(7)13(19-6-20-14)21-11-4-9(17)8(16)3-10(11)18/h3-6H,2H2,1H3,(H,19,20,21). The van der Waals surface area contributed by atoms with Crippen LogP contribution < -0.4 is 5.32 Å². The van der Waals surface area contributed by atoms with E-state index in [-0.39, 0.29) is 6.61 Å². The Morgan fingerprint density at radius 3 is 2.71 bits per heavy atom. The van der Waals surface area contributed by atoms with Gasteiger partial charge < -0.3 is 10.1 Å². The van der Waals surface area contributed by atoms with Crippen molar-refractivity contribution < 1.29 is 9.53 Å². The minimum absolute atomic E-state index is 0.283. The molecule has 0 amide bonds. The van der Waals surface area contributed by atoms with Crippen molar-refractivity contribution in [3.63, 3.8) is 0 Å². The average Bonchev–Trinajstić information content (AvgIpc) is 2.98. The Morgan fingerprint density at radius 2 is 1.96 bits per heavy atom. The molecule has 3 aromatic rings. The van der Waals surface area contributed by atoms with Gasteiger partial charge in [0.2, 0.25) is 0 Å². The van der Waals surface area contributed by atoms with Crippen LogP contribution in [0.2, 0.25) is 15.1 Å². The molecule has 0 unspecified atom stereocenters. The van der Waals surface area contributed by atoms with Gasteiger partial charge in [-0.1, -0.05) is 34.8 Å². The molecule has 0 saturated heterocycles. The third-order valence-corrected chi connectivity index (χ3v) is 5.05. The molecule has 2 heterocycles. The number of benzene rings is 1. The fourth-order valence-electron chi connectivity index (χ4n) is 2.07. The van der Waals surface area contributed by atoms with Crippen molar-refractivity contribution in [2.75, 3.05) is 11.9 Å². The van der Waals surface area contributed by atoms with Crippen molar-refractivity contribution in [2.24, 2.45) is 0 Å². The molecule has 0 saturated carbocycles. The van der Waals surface area contributed by atoms with Crippen LogP contribution in [-0.2, 0) is 4.74 Å². The van der Waals surface area contributed by atoms with Crippen molar-refractivity contribution in [2.45, 2.75) is 6.92 Å². The molecule has 0 aliphatic carbocycles. The largest absolute Gasteiger partial charge is 0.462 e. The first-order chi connectivity index (χ1) is 11.5. The topological polar surface area (TPSA) is 64.1 Å². The summed E-state index contributed by atoms with van der Waals surface area (Å²) in [5.74, 6) is 0.00595. The summed E-state index contributed by atoms with van der Waals surface area (Å²) in [4.78, 5) is 21.2. The van der Waals surface area contributed by atoms with E-state index in [1.807, 2.05) is 0 Å². The van der Waals surface area contributed by atoms with Crippen molar-refractivity contribution >= 4 is 73.8 Å². The number of fused-ring (bicyclic) bond motifs is 1. The molecule has 0 fully saturated rings. The van der Waals surface area contributed by atoms with Crippen LogP contribution in [0.1, 0.15) is 17.3 Å². The van der Waals surface area contributed by atoms with E-state index in [2.05, 4.69) is 15.3 Å². The van der Waals surface area contributed by atoms with E-state index < -0.39 is 5.97 Å². The zero-order valence-electron chi connectivity index (χ0n) is 12.3. The normalized spacial score (nSPS) is 10.8. The predicted molar refractivity (Wildman–Crippen MR) is 98.1 cm³/mol.